The molecule has 1 aromatic heterocycles. The van der Waals surface area contributed by atoms with E-state index in [-0.39, 0.29) is 22.6 Å². The van der Waals surface area contributed by atoms with Crippen LogP contribution in [0.1, 0.15) is 0 Å². The predicted molar refractivity (Wildman–Crippen MR) is 48.3 cm³/mol. The molecule has 6 nitrogen and oxygen atoms in total. The number of ether oxygens (including phenoxy) is 1. The third kappa shape index (κ3) is 2.61. The van der Waals surface area contributed by atoms with Gasteiger partial charge in [0.15, 0.2) is 0 Å². The third-order valence-electron chi connectivity index (χ3n) is 1.25. The SMILES string of the molecule is COCCS(=O)(=O)c1nc(N)ns1. The van der Waals surface area contributed by atoms with Gasteiger partial charge in [0.05, 0.1) is 12.4 Å². The van der Waals surface area contributed by atoms with E-state index in [1.807, 2.05) is 0 Å². The number of anilines is 1. The predicted octanol–water partition coefficient (Wildman–Crippen LogP) is -0.460. The number of nitrogen functional groups attached to an aromatic ring is 1. The van der Waals surface area contributed by atoms with E-state index in [1.54, 1.807) is 0 Å². The van der Waals surface area contributed by atoms with Gasteiger partial charge in [-0.3, -0.25) is 0 Å². The largest absolute Gasteiger partial charge is 0.384 e. The van der Waals surface area contributed by atoms with Crippen LogP contribution in [0.25, 0.3) is 0 Å². The van der Waals surface area contributed by atoms with Gasteiger partial charge >= 0.3 is 0 Å². The van der Waals surface area contributed by atoms with Crippen LogP contribution >= 0.6 is 11.5 Å². The molecular weight excluding hydrogens is 214 g/mol. The molecule has 0 radical (unpaired) electrons. The normalized spacial score (nSPS) is 11.8. The fraction of sp³-hybridized carbons (Fsp3) is 0.600. The summed E-state index contributed by atoms with van der Waals surface area (Å²) >= 11 is 0.777. The Morgan fingerprint density at radius 1 is 1.62 bits per heavy atom. The summed E-state index contributed by atoms with van der Waals surface area (Å²) < 4.78 is 30.9. The van der Waals surface area contributed by atoms with Gasteiger partial charge in [0.2, 0.25) is 20.1 Å². The lowest BCUT2D eigenvalue weighted by Gasteiger charge is -1.97. The molecule has 0 spiro atoms. The zero-order valence-corrected chi connectivity index (χ0v) is 8.56. The van der Waals surface area contributed by atoms with Gasteiger partial charge in [0, 0.05) is 18.6 Å². The van der Waals surface area contributed by atoms with Crippen molar-refractivity contribution in [2.24, 2.45) is 0 Å². The summed E-state index contributed by atoms with van der Waals surface area (Å²) in [4.78, 5) is 3.58. The lowest BCUT2D eigenvalue weighted by molar-refractivity contribution is 0.217. The van der Waals surface area contributed by atoms with Gasteiger partial charge in [0.25, 0.3) is 0 Å². The summed E-state index contributed by atoms with van der Waals surface area (Å²) in [5.41, 5.74) is 5.20. The molecule has 1 heterocycles. The quantitative estimate of drug-likeness (QED) is 0.742. The molecule has 0 saturated carbocycles. The monoisotopic (exact) mass is 223 g/mol. The Bertz CT molecular complexity index is 372. The smallest absolute Gasteiger partial charge is 0.233 e. The maximum absolute atomic E-state index is 11.4. The van der Waals surface area contributed by atoms with Crippen molar-refractivity contribution < 1.29 is 13.2 Å². The van der Waals surface area contributed by atoms with Crippen LogP contribution in [0.3, 0.4) is 0 Å². The highest BCUT2D eigenvalue weighted by Crippen LogP contribution is 2.14. The molecule has 0 aliphatic carbocycles. The molecular formula is C5H9N3O3S2. The van der Waals surface area contributed by atoms with Crippen molar-refractivity contribution in [3.05, 3.63) is 0 Å². The van der Waals surface area contributed by atoms with Crippen molar-refractivity contribution in [2.45, 2.75) is 4.34 Å². The highest BCUT2D eigenvalue weighted by Gasteiger charge is 2.18. The Labute approximate surface area is 79.8 Å². The summed E-state index contributed by atoms with van der Waals surface area (Å²) in [6.07, 6.45) is 0. The Morgan fingerprint density at radius 2 is 2.31 bits per heavy atom. The Morgan fingerprint density at radius 3 is 2.77 bits per heavy atom. The Hall–Kier alpha value is -0.730. The first-order chi connectivity index (χ1) is 6.06. The third-order valence-corrected chi connectivity index (χ3v) is 4.08. The molecule has 1 rings (SSSR count). The molecule has 0 atom stereocenters. The molecule has 0 bridgehead atoms. The summed E-state index contributed by atoms with van der Waals surface area (Å²) in [5, 5.41) is 0. The standard InChI is InChI=1S/C5H9N3O3S2/c1-11-2-3-13(9,10)5-7-4(6)8-12-5/h2-3H2,1H3,(H2,6,8). The van der Waals surface area contributed by atoms with E-state index in [0.717, 1.165) is 11.5 Å². The van der Waals surface area contributed by atoms with Crippen molar-refractivity contribution in [2.75, 3.05) is 25.2 Å². The molecule has 0 aliphatic heterocycles. The number of nitrogens with two attached hydrogens (primary N) is 1. The van der Waals surface area contributed by atoms with Crippen LogP contribution in [0, 0.1) is 0 Å². The minimum Gasteiger partial charge on any atom is -0.384 e. The minimum atomic E-state index is -3.36. The first kappa shape index (κ1) is 10.4. The topological polar surface area (TPSA) is 95.2 Å². The lowest BCUT2D eigenvalue weighted by atomic mass is 10.9. The second kappa shape index (κ2) is 3.99. The highest BCUT2D eigenvalue weighted by molar-refractivity contribution is 7.93. The van der Waals surface area contributed by atoms with Crippen molar-refractivity contribution in [3.8, 4) is 0 Å². The second-order valence-corrected chi connectivity index (χ2v) is 5.26. The van der Waals surface area contributed by atoms with Gasteiger partial charge in [-0.25, -0.2) is 8.42 Å². The number of methoxy groups -OCH3 is 1. The summed E-state index contributed by atoms with van der Waals surface area (Å²) in [6.45, 7) is 0.141. The van der Waals surface area contributed by atoms with Crippen LogP contribution < -0.4 is 5.73 Å². The van der Waals surface area contributed by atoms with E-state index < -0.39 is 9.84 Å². The maximum atomic E-state index is 11.4. The first-order valence-electron chi connectivity index (χ1n) is 3.37. The van der Waals surface area contributed by atoms with Gasteiger partial charge in [-0.2, -0.15) is 9.36 Å². The van der Waals surface area contributed by atoms with E-state index in [1.165, 1.54) is 7.11 Å². The number of nitrogens with zero attached hydrogens (tertiary/aromatic N) is 2. The van der Waals surface area contributed by atoms with E-state index in [9.17, 15) is 8.42 Å². The van der Waals surface area contributed by atoms with Gasteiger partial charge < -0.3 is 10.5 Å². The van der Waals surface area contributed by atoms with Gasteiger partial charge in [-0.1, -0.05) is 0 Å². The molecule has 2 N–H and O–H groups in total. The number of aromatic nitrogens is 2. The zero-order valence-electron chi connectivity index (χ0n) is 6.93. The molecule has 8 heteroatoms. The highest BCUT2D eigenvalue weighted by atomic mass is 32.2. The molecule has 0 saturated heterocycles. The molecule has 0 amide bonds. The van der Waals surface area contributed by atoms with Gasteiger partial charge in [-0.05, 0) is 0 Å². The molecule has 74 valence electrons. The number of sulfone groups is 1. The molecule has 13 heavy (non-hydrogen) atoms. The van der Waals surface area contributed by atoms with Crippen LogP contribution in [0.2, 0.25) is 0 Å². The molecule has 1 aromatic rings. The van der Waals surface area contributed by atoms with Crippen LogP contribution in [-0.2, 0) is 14.6 Å². The molecule has 0 fully saturated rings. The Balaban J connectivity index is 2.82. The van der Waals surface area contributed by atoms with Gasteiger partial charge in [-0.15, -0.1) is 0 Å². The van der Waals surface area contributed by atoms with Crippen LogP contribution in [0.5, 0.6) is 0 Å². The van der Waals surface area contributed by atoms with E-state index in [0.29, 0.717) is 0 Å². The summed E-state index contributed by atoms with van der Waals surface area (Å²) in [6, 6.07) is 0. The summed E-state index contributed by atoms with van der Waals surface area (Å²) in [7, 11) is -1.93. The fourth-order valence-corrected chi connectivity index (χ4v) is 2.58. The fourth-order valence-electron chi connectivity index (χ4n) is 0.627. The van der Waals surface area contributed by atoms with E-state index in [2.05, 4.69) is 14.1 Å². The number of rotatable bonds is 4. The van der Waals surface area contributed by atoms with Crippen LogP contribution in [-0.4, -0.2) is 37.2 Å². The average molecular weight is 223 g/mol. The second-order valence-electron chi connectivity index (χ2n) is 2.23. The summed E-state index contributed by atoms with van der Waals surface area (Å²) in [5.74, 6) is -0.112. The molecule has 0 aromatic carbocycles. The Kier molecular flexibility index (Phi) is 3.17. The van der Waals surface area contributed by atoms with Crippen LogP contribution in [0.4, 0.5) is 5.95 Å². The average Bonchev–Trinajstić information content (AvgIpc) is 2.49. The number of hydrogen-bond acceptors (Lipinski definition) is 7. The number of hydrogen-bond donors (Lipinski definition) is 1. The lowest BCUT2D eigenvalue weighted by Crippen LogP contribution is -2.11. The van der Waals surface area contributed by atoms with Crippen molar-refractivity contribution >= 4 is 27.3 Å². The van der Waals surface area contributed by atoms with Crippen molar-refractivity contribution in [3.63, 3.8) is 0 Å². The van der Waals surface area contributed by atoms with Gasteiger partial charge in [0.1, 0.15) is 0 Å². The maximum Gasteiger partial charge on any atom is 0.233 e. The van der Waals surface area contributed by atoms with E-state index >= 15 is 0 Å². The zero-order chi connectivity index (χ0) is 9.90. The molecule has 0 aliphatic rings. The van der Waals surface area contributed by atoms with Crippen molar-refractivity contribution in [1.29, 1.82) is 0 Å². The van der Waals surface area contributed by atoms with Crippen molar-refractivity contribution in [1.82, 2.24) is 9.36 Å². The van der Waals surface area contributed by atoms with E-state index in [4.69, 9.17) is 5.73 Å². The van der Waals surface area contributed by atoms with Crippen LogP contribution in [0.15, 0.2) is 4.34 Å². The minimum absolute atomic E-state index is 0.0130. The molecule has 0 unspecified atom stereocenters. The first-order valence-corrected chi connectivity index (χ1v) is 5.79.